The monoisotopic (exact) mass is 469 g/mol. The predicted molar refractivity (Wildman–Crippen MR) is 125 cm³/mol. The molecule has 0 aromatic carbocycles. The quantitative estimate of drug-likeness (QED) is 0.347. The Balaban J connectivity index is 1.78. The fourth-order valence-electron chi connectivity index (χ4n) is 3.67. The van der Waals surface area contributed by atoms with Gasteiger partial charge in [0.05, 0.1) is 24.1 Å². The fraction of sp³-hybridized carbons (Fsp3) is 0.348. The molecule has 0 aliphatic carbocycles. The molecule has 9 nitrogen and oxygen atoms in total. The molecule has 0 spiro atoms. The van der Waals surface area contributed by atoms with E-state index in [1.165, 1.54) is 25.4 Å². The van der Waals surface area contributed by atoms with Gasteiger partial charge in [0.2, 0.25) is 5.91 Å². The van der Waals surface area contributed by atoms with E-state index in [-0.39, 0.29) is 5.91 Å². The molecule has 3 N–H and O–H groups in total. The maximum absolute atomic E-state index is 12.0. The van der Waals surface area contributed by atoms with E-state index in [0.29, 0.717) is 24.9 Å². The number of carbonyl (C=O) groups is 3. The van der Waals surface area contributed by atoms with Gasteiger partial charge in [-0.3, -0.25) is 14.6 Å². The number of thiazole rings is 1. The van der Waals surface area contributed by atoms with E-state index < -0.39 is 17.9 Å². The Morgan fingerprint density at radius 3 is 2.61 bits per heavy atom. The molecule has 0 aliphatic heterocycles. The second kappa shape index (κ2) is 10.9. The summed E-state index contributed by atoms with van der Waals surface area (Å²) in [5.74, 6) is -1.24. The van der Waals surface area contributed by atoms with Gasteiger partial charge >= 0.3 is 5.97 Å². The zero-order valence-corrected chi connectivity index (χ0v) is 19.6. The molecule has 1 atom stereocenters. The van der Waals surface area contributed by atoms with E-state index in [4.69, 9.17) is 15.5 Å². The molecule has 1 unspecified atom stereocenters. The summed E-state index contributed by atoms with van der Waals surface area (Å²) in [7, 11) is 1.30. The van der Waals surface area contributed by atoms with Crippen LogP contribution in [0, 0.1) is 6.92 Å². The van der Waals surface area contributed by atoms with Gasteiger partial charge in [-0.2, -0.15) is 0 Å². The second-order valence-electron chi connectivity index (χ2n) is 7.59. The highest BCUT2D eigenvalue weighted by atomic mass is 32.1. The van der Waals surface area contributed by atoms with Gasteiger partial charge in [0, 0.05) is 42.5 Å². The number of nitrogens with one attached hydrogen (secondary N) is 1. The standard InChI is InChI=1S/C23H27N5O4S/c1-14-17(21(24)30)12-20(19-13-33-22(27-19)16-7-9-25-10-8-16)28(14)11-5-4-6-18(23(31)32-3)26-15(2)29/h7-10,12-13,18H,4-6,11H2,1-3H3,(H2,24,30)(H,26,29). The maximum atomic E-state index is 12.0. The minimum absolute atomic E-state index is 0.284. The van der Waals surface area contributed by atoms with Crippen LogP contribution in [0.2, 0.25) is 0 Å². The minimum Gasteiger partial charge on any atom is -0.467 e. The summed E-state index contributed by atoms with van der Waals surface area (Å²) in [6, 6.07) is 4.89. The second-order valence-corrected chi connectivity index (χ2v) is 8.45. The third-order valence-corrected chi connectivity index (χ3v) is 6.20. The number of esters is 1. The molecule has 0 radical (unpaired) electrons. The number of aromatic nitrogens is 3. The van der Waals surface area contributed by atoms with Gasteiger partial charge in [0.25, 0.3) is 5.91 Å². The zero-order chi connectivity index (χ0) is 24.0. The van der Waals surface area contributed by atoms with E-state index in [2.05, 4.69) is 10.3 Å². The molecule has 0 aliphatic rings. The molecule has 3 aromatic heterocycles. The van der Waals surface area contributed by atoms with Crippen molar-refractivity contribution in [3.8, 4) is 22.0 Å². The molecule has 0 saturated carbocycles. The van der Waals surface area contributed by atoms with Crippen LogP contribution in [0.5, 0.6) is 0 Å². The highest BCUT2D eigenvalue weighted by molar-refractivity contribution is 7.13. The predicted octanol–water partition coefficient (Wildman–Crippen LogP) is 2.93. The summed E-state index contributed by atoms with van der Waals surface area (Å²) in [4.78, 5) is 44.0. The number of hydrogen-bond acceptors (Lipinski definition) is 7. The van der Waals surface area contributed by atoms with Crippen molar-refractivity contribution < 1.29 is 19.1 Å². The average molecular weight is 470 g/mol. The van der Waals surface area contributed by atoms with E-state index >= 15 is 0 Å². The number of ether oxygens (including phenoxy) is 1. The highest BCUT2D eigenvalue weighted by Gasteiger charge is 2.21. The molecule has 0 fully saturated rings. The van der Waals surface area contributed by atoms with Gasteiger partial charge in [-0.1, -0.05) is 0 Å². The first-order valence-corrected chi connectivity index (χ1v) is 11.4. The smallest absolute Gasteiger partial charge is 0.328 e. The molecule has 0 saturated heterocycles. The fourth-order valence-corrected chi connectivity index (χ4v) is 4.49. The zero-order valence-electron chi connectivity index (χ0n) is 18.8. The summed E-state index contributed by atoms with van der Waals surface area (Å²) in [6.45, 7) is 3.82. The van der Waals surface area contributed by atoms with Gasteiger partial charge in [-0.05, 0) is 44.4 Å². The van der Waals surface area contributed by atoms with Crippen LogP contribution < -0.4 is 11.1 Å². The van der Waals surface area contributed by atoms with Crippen molar-refractivity contribution in [1.82, 2.24) is 19.9 Å². The summed E-state index contributed by atoms with van der Waals surface area (Å²) in [6.07, 6.45) is 5.28. The summed E-state index contributed by atoms with van der Waals surface area (Å²) < 4.78 is 6.80. The Kier molecular flexibility index (Phi) is 7.94. The number of primary amides is 1. The highest BCUT2D eigenvalue weighted by Crippen LogP contribution is 2.31. The SMILES string of the molecule is COC(=O)C(CCCCn1c(-c2csc(-c3ccncc3)n2)cc(C(N)=O)c1C)NC(C)=O. The van der Waals surface area contributed by atoms with Crippen molar-refractivity contribution in [2.75, 3.05) is 7.11 Å². The lowest BCUT2D eigenvalue weighted by molar-refractivity contribution is -0.145. The maximum Gasteiger partial charge on any atom is 0.328 e. The van der Waals surface area contributed by atoms with Gasteiger partial charge in [0.15, 0.2) is 0 Å². The first kappa shape index (κ1) is 24.1. The molecular formula is C23H27N5O4S. The van der Waals surface area contributed by atoms with E-state index in [1.807, 2.05) is 29.0 Å². The van der Waals surface area contributed by atoms with Crippen LogP contribution in [-0.4, -0.2) is 45.5 Å². The number of pyridine rings is 1. The lowest BCUT2D eigenvalue weighted by atomic mass is 10.1. The van der Waals surface area contributed by atoms with Gasteiger partial charge in [-0.15, -0.1) is 11.3 Å². The van der Waals surface area contributed by atoms with Crippen molar-refractivity contribution >= 4 is 29.1 Å². The van der Waals surface area contributed by atoms with Crippen LogP contribution in [-0.2, 0) is 20.9 Å². The largest absolute Gasteiger partial charge is 0.467 e. The minimum atomic E-state index is -0.680. The third-order valence-electron chi connectivity index (χ3n) is 5.31. The topological polar surface area (TPSA) is 129 Å². The van der Waals surface area contributed by atoms with E-state index in [0.717, 1.165) is 34.1 Å². The van der Waals surface area contributed by atoms with Crippen molar-refractivity contribution in [3.05, 3.63) is 47.2 Å². The number of unbranched alkanes of at least 4 members (excludes halogenated alkanes) is 1. The van der Waals surface area contributed by atoms with Crippen LogP contribution in [0.25, 0.3) is 22.0 Å². The lowest BCUT2D eigenvalue weighted by Crippen LogP contribution is -2.40. The molecule has 3 heterocycles. The van der Waals surface area contributed by atoms with Crippen molar-refractivity contribution in [2.45, 2.75) is 45.7 Å². The molecule has 0 bridgehead atoms. The van der Waals surface area contributed by atoms with Crippen LogP contribution in [0.3, 0.4) is 0 Å². The van der Waals surface area contributed by atoms with Gasteiger partial charge in [0.1, 0.15) is 11.0 Å². The summed E-state index contributed by atoms with van der Waals surface area (Å²) in [5, 5.41) is 5.43. The average Bonchev–Trinajstić information content (AvgIpc) is 3.40. The Morgan fingerprint density at radius 2 is 1.97 bits per heavy atom. The first-order chi connectivity index (χ1) is 15.8. The number of hydrogen-bond donors (Lipinski definition) is 2. The molecule has 174 valence electrons. The molecule has 2 amide bonds. The number of carbonyl (C=O) groups excluding carboxylic acids is 3. The molecule has 33 heavy (non-hydrogen) atoms. The molecule has 3 aromatic rings. The first-order valence-electron chi connectivity index (χ1n) is 10.5. The van der Waals surface area contributed by atoms with E-state index in [1.54, 1.807) is 18.5 Å². The van der Waals surface area contributed by atoms with Gasteiger partial charge in [-0.25, -0.2) is 9.78 Å². The van der Waals surface area contributed by atoms with E-state index in [9.17, 15) is 14.4 Å². The van der Waals surface area contributed by atoms with Crippen LogP contribution >= 0.6 is 11.3 Å². The Bertz CT molecular complexity index is 1140. The summed E-state index contributed by atoms with van der Waals surface area (Å²) in [5.41, 5.74) is 9.35. The van der Waals surface area contributed by atoms with Gasteiger partial charge < -0.3 is 20.4 Å². The number of nitrogens with zero attached hydrogens (tertiary/aromatic N) is 3. The van der Waals surface area contributed by atoms with Crippen LogP contribution in [0.4, 0.5) is 0 Å². The number of methoxy groups -OCH3 is 1. The molecule has 3 rings (SSSR count). The summed E-state index contributed by atoms with van der Waals surface area (Å²) >= 11 is 1.51. The Hall–Kier alpha value is -3.53. The van der Waals surface area contributed by atoms with Crippen molar-refractivity contribution in [2.24, 2.45) is 5.73 Å². The normalized spacial score (nSPS) is 11.7. The van der Waals surface area contributed by atoms with Crippen molar-refractivity contribution in [3.63, 3.8) is 0 Å². The van der Waals surface area contributed by atoms with Crippen LogP contribution in [0.1, 0.15) is 42.2 Å². The number of rotatable bonds is 10. The number of amides is 2. The lowest BCUT2D eigenvalue weighted by Gasteiger charge is -2.16. The molecular weight excluding hydrogens is 442 g/mol. The Labute approximate surface area is 196 Å². The Morgan fingerprint density at radius 1 is 1.24 bits per heavy atom. The van der Waals surface area contributed by atoms with Crippen LogP contribution in [0.15, 0.2) is 36.0 Å². The third kappa shape index (κ3) is 5.83. The number of nitrogens with two attached hydrogens (primary N) is 1. The molecule has 10 heteroatoms. The van der Waals surface area contributed by atoms with Crippen molar-refractivity contribution in [1.29, 1.82) is 0 Å².